The molecule has 0 radical (unpaired) electrons. The molecule has 1 aromatic carbocycles. The Bertz CT molecular complexity index is 1490. The number of carbonyl (C=O) groups excluding carboxylic acids is 4. The predicted octanol–water partition coefficient (Wildman–Crippen LogP) is 9.25. The summed E-state index contributed by atoms with van der Waals surface area (Å²) in [7, 11) is 1.54. The highest BCUT2D eigenvalue weighted by Crippen LogP contribution is 2.37. The van der Waals surface area contributed by atoms with Gasteiger partial charge >= 0.3 is 6.09 Å². The van der Waals surface area contributed by atoms with E-state index in [1.54, 1.807) is 45.2 Å². The van der Waals surface area contributed by atoms with Gasteiger partial charge in [-0.1, -0.05) is 85.9 Å². The van der Waals surface area contributed by atoms with Gasteiger partial charge in [0.05, 0.1) is 12.6 Å². The molecule has 2 fully saturated rings. The van der Waals surface area contributed by atoms with Gasteiger partial charge in [-0.2, -0.15) is 0 Å². The van der Waals surface area contributed by atoms with Gasteiger partial charge in [-0.3, -0.25) is 19.3 Å². The van der Waals surface area contributed by atoms with Crippen LogP contribution in [0.5, 0.6) is 5.75 Å². The molecule has 12 heteroatoms. The van der Waals surface area contributed by atoms with Crippen molar-refractivity contribution in [1.82, 2.24) is 20.1 Å². The van der Waals surface area contributed by atoms with Crippen LogP contribution in [-0.4, -0.2) is 81.7 Å². The molecule has 2 aromatic rings. The summed E-state index contributed by atoms with van der Waals surface area (Å²) in [6, 6.07) is 5.48. The molecule has 294 valence electrons. The lowest BCUT2D eigenvalue weighted by Crippen LogP contribution is -2.56. The van der Waals surface area contributed by atoms with Crippen molar-refractivity contribution in [3.8, 4) is 5.75 Å². The van der Waals surface area contributed by atoms with Gasteiger partial charge in [-0.15, -0.1) is 11.3 Å². The topological polar surface area (TPSA) is 118 Å². The standard InChI is InChI=1S/C41H61BrN4O6S/c1-29(45(5)40(50)52-41(2,3)4)37(48)44-35(30-19-13-12-14-20-30)39(49)46-25-18-23-34(46)38-43-33(28-53-38)36(47)31-21-17-22-32(27-31)51-26-16-11-9-7-6-8-10-15-24-42/h17,21-22,27-30,34-35H,6-16,18-20,23-26H2,1-5H3,(H,44,48)/t29?,34-,35?/m0/s1. The average molecular weight is 818 g/mol. The van der Waals surface area contributed by atoms with Crippen LogP contribution in [0.1, 0.15) is 151 Å². The van der Waals surface area contributed by atoms with Crippen molar-refractivity contribution in [1.29, 1.82) is 0 Å². The first-order valence-electron chi connectivity index (χ1n) is 19.7. The lowest BCUT2D eigenvalue weighted by Gasteiger charge is -2.36. The number of rotatable bonds is 19. The number of halogens is 1. The van der Waals surface area contributed by atoms with Crippen LogP contribution in [0.2, 0.25) is 0 Å². The number of aromatic nitrogens is 1. The fourth-order valence-corrected chi connectivity index (χ4v) is 8.47. The van der Waals surface area contributed by atoms with Gasteiger partial charge < -0.3 is 19.7 Å². The lowest BCUT2D eigenvalue weighted by molar-refractivity contribution is -0.140. The highest BCUT2D eigenvalue weighted by molar-refractivity contribution is 9.09. The molecule has 1 aromatic heterocycles. The van der Waals surface area contributed by atoms with Crippen LogP contribution in [0.15, 0.2) is 29.6 Å². The number of ketones is 1. The smallest absolute Gasteiger partial charge is 0.410 e. The second kappa shape index (κ2) is 21.2. The Morgan fingerprint density at radius 3 is 2.34 bits per heavy atom. The monoisotopic (exact) mass is 816 g/mol. The summed E-state index contributed by atoms with van der Waals surface area (Å²) in [6.45, 7) is 8.15. The van der Waals surface area contributed by atoms with Crippen LogP contribution in [-0.2, 0) is 14.3 Å². The van der Waals surface area contributed by atoms with E-state index in [1.165, 1.54) is 61.8 Å². The zero-order chi connectivity index (χ0) is 38.4. The Morgan fingerprint density at radius 2 is 1.66 bits per heavy atom. The average Bonchev–Trinajstić information content (AvgIpc) is 3.84. The predicted molar refractivity (Wildman–Crippen MR) is 214 cm³/mol. The normalized spacial score (nSPS) is 17.6. The molecule has 3 atom stereocenters. The van der Waals surface area contributed by atoms with Gasteiger partial charge in [-0.05, 0) is 84.3 Å². The largest absolute Gasteiger partial charge is 0.494 e. The molecule has 0 bridgehead atoms. The number of hydrogen-bond donors (Lipinski definition) is 1. The van der Waals surface area contributed by atoms with Crippen molar-refractivity contribution in [3.05, 3.63) is 45.9 Å². The minimum absolute atomic E-state index is 0.00215. The molecule has 1 N–H and O–H groups in total. The first kappa shape index (κ1) is 42.7. The van der Waals surface area contributed by atoms with Crippen LogP contribution in [0.4, 0.5) is 4.79 Å². The number of amides is 3. The molecule has 53 heavy (non-hydrogen) atoms. The Hall–Kier alpha value is -2.99. The minimum atomic E-state index is -0.830. The van der Waals surface area contributed by atoms with Crippen LogP contribution < -0.4 is 10.1 Å². The number of ether oxygens (including phenoxy) is 2. The fourth-order valence-electron chi connectivity index (χ4n) is 7.12. The number of nitrogens with one attached hydrogen (secondary N) is 1. The van der Waals surface area contributed by atoms with E-state index in [4.69, 9.17) is 14.5 Å². The van der Waals surface area contributed by atoms with E-state index < -0.39 is 29.7 Å². The Labute approximate surface area is 329 Å². The molecule has 2 aliphatic rings. The van der Waals surface area contributed by atoms with Crippen LogP contribution >= 0.6 is 27.3 Å². The summed E-state index contributed by atoms with van der Waals surface area (Å²) in [5.74, 6) is -0.0149. The molecule has 3 amide bonds. The Kier molecular flexibility index (Phi) is 17.1. The summed E-state index contributed by atoms with van der Waals surface area (Å²) in [5.41, 5.74) is 0.179. The second-order valence-electron chi connectivity index (χ2n) is 15.6. The number of nitrogens with zero attached hydrogens (tertiary/aromatic N) is 3. The SMILES string of the molecule is CC(C(=O)NC(C(=O)N1CCC[C@H]1c1nc(C(=O)c2cccc(OCCCCCCCCCCBr)c2)cs1)C1CCCCC1)N(C)C(=O)OC(C)(C)C. The lowest BCUT2D eigenvalue weighted by atomic mass is 9.83. The number of thiazole rings is 1. The molecule has 0 spiro atoms. The van der Waals surface area contributed by atoms with E-state index in [-0.39, 0.29) is 23.7 Å². The maximum absolute atomic E-state index is 14.4. The molecule has 1 saturated heterocycles. The number of carbonyl (C=O) groups is 4. The summed E-state index contributed by atoms with van der Waals surface area (Å²) in [4.78, 5) is 62.2. The van der Waals surface area contributed by atoms with Gasteiger partial charge in [0.1, 0.15) is 34.1 Å². The number of benzene rings is 1. The molecule has 10 nitrogen and oxygen atoms in total. The van der Waals surface area contributed by atoms with E-state index in [0.29, 0.717) is 30.2 Å². The third-order valence-corrected chi connectivity index (χ3v) is 11.8. The highest BCUT2D eigenvalue weighted by atomic mass is 79.9. The van der Waals surface area contributed by atoms with Gasteiger partial charge in [-0.25, -0.2) is 9.78 Å². The summed E-state index contributed by atoms with van der Waals surface area (Å²) in [5, 5.41) is 6.65. The number of alkyl halides is 1. The van der Waals surface area contributed by atoms with Crippen molar-refractivity contribution in [2.45, 2.75) is 148 Å². The van der Waals surface area contributed by atoms with Crippen LogP contribution in [0.25, 0.3) is 0 Å². The zero-order valence-electron chi connectivity index (χ0n) is 32.5. The van der Waals surface area contributed by atoms with Gasteiger partial charge in [0.25, 0.3) is 0 Å². The number of hydrogen-bond acceptors (Lipinski definition) is 8. The van der Waals surface area contributed by atoms with E-state index in [0.717, 1.165) is 68.1 Å². The maximum Gasteiger partial charge on any atom is 0.410 e. The summed E-state index contributed by atoms with van der Waals surface area (Å²) >= 11 is 4.89. The van der Waals surface area contributed by atoms with E-state index >= 15 is 0 Å². The number of unbranched alkanes of at least 4 members (excludes halogenated alkanes) is 7. The number of likely N-dealkylation sites (N-methyl/N-ethyl adjacent to an activating group) is 1. The van der Waals surface area contributed by atoms with Crippen molar-refractivity contribution in [2.75, 3.05) is 25.5 Å². The first-order chi connectivity index (χ1) is 25.4. The van der Waals surface area contributed by atoms with Gasteiger partial charge in [0, 0.05) is 29.9 Å². The molecule has 1 aliphatic carbocycles. The minimum Gasteiger partial charge on any atom is -0.494 e. The third kappa shape index (κ3) is 13.1. The van der Waals surface area contributed by atoms with Crippen molar-refractivity contribution in [2.24, 2.45) is 5.92 Å². The van der Waals surface area contributed by atoms with Crippen molar-refractivity contribution < 1.29 is 28.7 Å². The van der Waals surface area contributed by atoms with Crippen LogP contribution in [0, 0.1) is 5.92 Å². The number of likely N-dealkylation sites (tertiary alicyclic amines) is 1. The second-order valence-corrected chi connectivity index (χ2v) is 17.3. The fraction of sp³-hybridized carbons (Fsp3) is 0.683. The van der Waals surface area contributed by atoms with Crippen molar-refractivity contribution in [3.63, 3.8) is 0 Å². The zero-order valence-corrected chi connectivity index (χ0v) is 34.9. The Morgan fingerprint density at radius 1 is 0.981 bits per heavy atom. The highest BCUT2D eigenvalue weighted by Gasteiger charge is 2.41. The molecule has 1 saturated carbocycles. The van der Waals surface area contributed by atoms with Crippen LogP contribution in [0.3, 0.4) is 0 Å². The van der Waals surface area contributed by atoms with Gasteiger partial charge in [0.2, 0.25) is 17.6 Å². The summed E-state index contributed by atoms with van der Waals surface area (Å²) < 4.78 is 11.5. The third-order valence-electron chi connectivity index (χ3n) is 10.3. The van der Waals surface area contributed by atoms with E-state index in [1.807, 2.05) is 17.0 Å². The molecule has 2 unspecified atom stereocenters. The van der Waals surface area contributed by atoms with Crippen molar-refractivity contribution >= 4 is 51.0 Å². The van der Waals surface area contributed by atoms with E-state index in [9.17, 15) is 19.2 Å². The quantitative estimate of drug-likeness (QED) is 0.0854. The molecular formula is C41H61BrN4O6S. The molecular weight excluding hydrogens is 756 g/mol. The molecule has 1 aliphatic heterocycles. The Balaban J connectivity index is 1.37. The molecule has 2 heterocycles. The van der Waals surface area contributed by atoms with E-state index in [2.05, 4.69) is 21.2 Å². The van der Waals surface area contributed by atoms with Gasteiger partial charge in [0.15, 0.2) is 0 Å². The maximum atomic E-state index is 14.4. The first-order valence-corrected chi connectivity index (χ1v) is 21.8. The molecule has 4 rings (SSSR count). The summed E-state index contributed by atoms with van der Waals surface area (Å²) in [6.07, 6.45) is 15.5.